The van der Waals surface area contributed by atoms with Crippen LogP contribution in [0.1, 0.15) is 5.56 Å². The van der Waals surface area contributed by atoms with Crippen molar-refractivity contribution in [2.45, 2.75) is 6.54 Å². The highest BCUT2D eigenvalue weighted by molar-refractivity contribution is 7.11. The summed E-state index contributed by atoms with van der Waals surface area (Å²) < 4.78 is 1.46. The highest BCUT2D eigenvalue weighted by Crippen LogP contribution is 2.18. The summed E-state index contributed by atoms with van der Waals surface area (Å²) in [7, 11) is 0. The Morgan fingerprint density at radius 3 is 2.43 bits per heavy atom. The molecule has 2 N–H and O–H groups in total. The molecule has 2 rings (SSSR count). The van der Waals surface area contributed by atoms with Crippen molar-refractivity contribution in [2.75, 3.05) is 0 Å². The van der Waals surface area contributed by atoms with Crippen LogP contribution in [0, 0.1) is 0 Å². The molecule has 0 aliphatic heterocycles. The lowest BCUT2D eigenvalue weighted by Crippen LogP contribution is -2.31. The number of hydrogen-bond acceptors (Lipinski definition) is 3. The summed E-state index contributed by atoms with van der Waals surface area (Å²) >= 11 is 1.12. The van der Waals surface area contributed by atoms with Crippen molar-refractivity contribution in [3.05, 3.63) is 41.3 Å². The second-order valence-corrected chi connectivity index (χ2v) is 3.78. The van der Waals surface area contributed by atoms with E-state index >= 15 is 0 Å². The summed E-state index contributed by atoms with van der Waals surface area (Å²) in [5, 5.41) is 20.4. The lowest BCUT2D eigenvalue weighted by atomic mass is 10.2. The van der Waals surface area contributed by atoms with Crippen LogP contribution in [0.15, 0.2) is 35.7 Å². The maximum atomic E-state index is 9.41. The maximum Gasteiger partial charge on any atom is 0.431 e. The predicted octanol–water partition coefficient (Wildman–Crippen LogP) is 1.50. The topological polar surface area (TPSA) is 44.3 Å². The van der Waals surface area contributed by atoms with E-state index in [-0.39, 0.29) is 11.1 Å². The van der Waals surface area contributed by atoms with Crippen molar-refractivity contribution in [1.82, 2.24) is 0 Å². The van der Waals surface area contributed by atoms with Gasteiger partial charge in [0.05, 0.1) is 0 Å². The lowest BCUT2D eigenvalue weighted by Gasteiger charge is -1.95. The monoisotopic (exact) mass is 208 g/mol. The molecule has 0 bridgehead atoms. The van der Waals surface area contributed by atoms with Crippen LogP contribution in [0.25, 0.3) is 0 Å². The van der Waals surface area contributed by atoms with Crippen LogP contribution >= 0.6 is 11.3 Å². The third kappa shape index (κ3) is 1.70. The Labute approximate surface area is 85.5 Å². The summed E-state index contributed by atoms with van der Waals surface area (Å²) in [6.45, 7) is 0.488. The molecule has 1 heterocycles. The van der Waals surface area contributed by atoms with Crippen LogP contribution in [0.2, 0.25) is 0 Å². The molecule has 3 nitrogen and oxygen atoms in total. The molecule has 1 aromatic heterocycles. The number of aromatic nitrogens is 1. The Morgan fingerprint density at radius 1 is 1.14 bits per heavy atom. The maximum absolute atomic E-state index is 9.41. The first-order valence-corrected chi connectivity index (χ1v) is 5.08. The van der Waals surface area contributed by atoms with Gasteiger partial charge in [-0.05, 0) is 11.3 Å². The molecule has 0 aliphatic rings. The summed E-state index contributed by atoms with van der Waals surface area (Å²) in [5.74, 6) is 0.0938. The number of benzene rings is 1. The number of thiazole rings is 1. The first kappa shape index (κ1) is 9.02. The van der Waals surface area contributed by atoms with Gasteiger partial charge in [0.15, 0.2) is 6.54 Å². The fraction of sp³-hybridized carbons (Fsp3) is 0.100. The number of rotatable bonds is 2. The summed E-state index contributed by atoms with van der Waals surface area (Å²) in [4.78, 5) is 0. The average Bonchev–Trinajstić information content (AvgIpc) is 2.51. The molecule has 0 atom stereocenters. The second kappa shape index (κ2) is 3.67. The van der Waals surface area contributed by atoms with Crippen LogP contribution in [-0.2, 0) is 6.54 Å². The molecule has 14 heavy (non-hydrogen) atoms. The highest BCUT2D eigenvalue weighted by atomic mass is 32.1. The van der Waals surface area contributed by atoms with Gasteiger partial charge >= 0.3 is 11.1 Å². The molecule has 0 saturated heterocycles. The van der Waals surface area contributed by atoms with Gasteiger partial charge in [0, 0.05) is 5.56 Å². The van der Waals surface area contributed by atoms with Gasteiger partial charge in [0.2, 0.25) is 0 Å². The minimum atomic E-state index is 0.0938. The van der Waals surface area contributed by atoms with Gasteiger partial charge in [-0.15, -0.1) is 4.57 Å². The van der Waals surface area contributed by atoms with Gasteiger partial charge in [-0.2, -0.15) is 0 Å². The smallest absolute Gasteiger partial charge is 0.431 e. The van der Waals surface area contributed by atoms with Crippen LogP contribution in [-0.4, -0.2) is 10.2 Å². The van der Waals surface area contributed by atoms with Crippen molar-refractivity contribution in [3.8, 4) is 11.1 Å². The number of aromatic hydroxyl groups is 2. The van der Waals surface area contributed by atoms with Gasteiger partial charge in [-0.3, -0.25) is 0 Å². The highest BCUT2D eigenvalue weighted by Gasteiger charge is 2.18. The van der Waals surface area contributed by atoms with E-state index in [9.17, 15) is 10.2 Å². The zero-order valence-corrected chi connectivity index (χ0v) is 8.24. The van der Waals surface area contributed by atoms with Crippen molar-refractivity contribution >= 4 is 11.3 Å². The third-order valence-corrected chi connectivity index (χ3v) is 2.72. The third-order valence-electron chi connectivity index (χ3n) is 1.96. The van der Waals surface area contributed by atoms with E-state index in [1.54, 1.807) is 0 Å². The van der Waals surface area contributed by atoms with E-state index in [0.717, 1.165) is 16.9 Å². The SMILES string of the molecule is Oc1csc(O)[n+]1Cc1ccccc1. The zero-order chi connectivity index (χ0) is 9.97. The van der Waals surface area contributed by atoms with Gasteiger partial charge in [-0.1, -0.05) is 30.3 Å². The van der Waals surface area contributed by atoms with E-state index in [2.05, 4.69) is 0 Å². The first-order chi connectivity index (χ1) is 6.77. The standard InChI is InChI=1S/C10H9NO2S/c12-9-7-14-10(13)11(9)6-8-4-2-1-3-5-8/h1-5,7,12H,6H2/p+1. The zero-order valence-electron chi connectivity index (χ0n) is 7.42. The molecule has 0 fully saturated rings. The predicted molar refractivity (Wildman–Crippen MR) is 53.4 cm³/mol. The Kier molecular flexibility index (Phi) is 2.37. The number of nitrogens with zero attached hydrogens (tertiary/aromatic N) is 1. The Morgan fingerprint density at radius 2 is 1.86 bits per heavy atom. The Hall–Kier alpha value is -1.55. The molecular formula is C10H10NO2S+. The largest absolute Gasteiger partial charge is 0.459 e. The molecule has 1 aromatic carbocycles. The normalized spacial score (nSPS) is 10.3. The van der Waals surface area contributed by atoms with Gasteiger partial charge in [0.25, 0.3) is 0 Å². The fourth-order valence-corrected chi connectivity index (χ4v) is 1.87. The second-order valence-electron chi connectivity index (χ2n) is 2.95. The molecule has 2 aromatic rings. The van der Waals surface area contributed by atoms with Crippen LogP contribution < -0.4 is 4.57 Å². The van der Waals surface area contributed by atoms with Crippen molar-refractivity contribution < 1.29 is 14.8 Å². The first-order valence-electron chi connectivity index (χ1n) is 4.20. The van der Waals surface area contributed by atoms with Crippen LogP contribution in [0.4, 0.5) is 0 Å². The molecule has 4 heteroatoms. The average molecular weight is 208 g/mol. The molecule has 72 valence electrons. The lowest BCUT2D eigenvalue weighted by molar-refractivity contribution is -0.694. The van der Waals surface area contributed by atoms with Gasteiger partial charge in [0.1, 0.15) is 5.38 Å². The quantitative estimate of drug-likeness (QED) is 0.734. The fourth-order valence-electron chi connectivity index (χ4n) is 1.25. The van der Waals surface area contributed by atoms with E-state index < -0.39 is 0 Å². The van der Waals surface area contributed by atoms with Crippen LogP contribution in [0.3, 0.4) is 0 Å². The molecule has 0 saturated carbocycles. The minimum Gasteiger partial charge on any atom is -0.459 e. The molecule has 0 unspecified atom stereocenters. The van der Waals surface area contributed by atoms with Crippen molar-refractivity contribution in [3.63, 3.8) is 0 Å². The minimum absolute atomic E-state index is 0.0938. The summed E-state index contributed by atoms with van der Waals surface area (Å²) in [6.07, 6.45) is 0. The van der Waals surface area contributed by atoms with Gasteiger partial charge in [-0.25, -0.2) is 0 Å². The Balaban J connectivity index is 2.27. The van der Waals surface area contributed by atoms with E-state index in [1.165, 1.54) is 9.95 Å². The molecule has 0 aliphatic carbocycles. The molecule has 0 spiro atoms. The Bertz CT molecular complexity index is 405. The van der Waals surface area contributed by atoms with Gasteiger partial charge < -0.3 is 10.2 Å². The van der Waals surface area contributed by atoms with E-state index in [1.807, 2.05) is 30.3 Å². The molecular weight excluding hydrogens is 198 g/mol. The van der Waals surface area contributed by atoms with E-state index in [4.69, 9.17) is 0 Å². The summed E-state index contributed by atoms with van der Waals surface area (Å²) in [6, 6.07) is 9.68. The van der Waals surface area contributed by atoms with Crippen LogP contribution in [0.5, 0.6) is 11.1 Å². The molecule has 0 amide bonds. The van der Waals surface area contributed by atoms with E-state index in [0.29, 0.717) is 6.54 Å². The molecule has 0 radical (unpaired) electrons. The number of hydrogen-bond donors (Lipinski definition) is 2. The van der Waals surface area contributed by atoms with Crippen molar-refractivity contribution in [2.24, 2.45) is 0 Å². The summed E-state index contributed by atoms with van der Waals surface area (Å²) in [5.41, 5.74) is 1.04. The van der Waals surface area contributed by atoms with Crippen molar-refractivity contribution in [1.29, 1.82) is 0 Å².